The lowest BCUT2D eigenvalue weighted by molar-refractivity contribution is -0.138. The van der Waals surface area contributed by atoms with Crippen molar-refractivity contribution in [3.05, 3.63) is 0 Å². The summed E-state index contributed by atoms with van der Waals surface area (Å²) in [5.41, 5.74) is 0. The van der Waals surface area contributed by atoms with Crippen LogP contribution >= 0.6 is 0 Å². The fourth-order valence-corrected chi connectivity index (χ4v) is 3.37. The lowest BCUT2D eigenvalue weighted by Crippen LogP contribution is -2.69. The zero-order chi connectivity index (χ0) is 20.6. The third-order valence-corrected chi connectivity index (χ3v) is 4.72. The van der Waals surface area contributed by atoms with E-state index in [0.717, 1.165) is 0 Å². The van der Waals surface area contributed by atoms with Gasteiger partial charge in [-0.15, -0.1) is 0 Å². The number of carbonyl (C=O) groups is 3. The van der Waals surface area contributed by atoms with Gasteiger partial charge in [-0.25, -0.2) is 0 Å². The molecule has 1 rings (SSSR count). The highest BCUT2D eigenvalue weighted by Gasteiger charge is 2.48. The molecule has 6 atom stereocenters. The topological polar surface area (TPSA) is 197 Å². The number of aliphatic hydroxyl groups is 3. The van der Waals surface area contributed by atoms with E-state index < -0.39 is 54.2 Å². The van der Waals surface area contributed by atoms with E-state index >= 15 is 0 Å². The number of carboxylic acid groups (broad SMARTS) is 3. The first-order valence-corrected chi connectivity index (χ1v) is 8.81. The third-order valence-electron chi connectivity index (χ3n) is 4.72. The molecule has 0 aliphatic heterocycles. The number of rotatable bonds is 12. The average Bonchev–Trinajstić information content (AvgIpc) is 2.56. The van der Waals surface area contributed by atoms with E-state index in [2.05, 4.69) is 10.6 Å². The minimum atomic E-state index is -1.30. The van der Waals surface area contributed by atoms with Gasteiger partial charge in [-0.05, 0) is 12.8 Å². The van der Waals surface area contributed by atoms with E-state index in [1.807, 2.05) is 0 Å². The predicted octanol–water partition coefficient (Wildman–Crippen LogP) is -2.18. The molecule has 0 aromatic carbocycles. The molecular weight excluding hydrogens is 364 g/mol. The molecule has 0 heterocycles. The molecule has 1 aliphatic carbocycles. The Morgan fingerprint density at radius 3 is 1.44 bits per heavy atom. The van der Waals surface area contributed by atoms with Crippen LogP contribution in [-0.2, 0) is 14.4 Å². The molecule has 0 radical (unpaired) electrons. The van der Waals surface area contributed by atoms with Crippen LogP contribution in [0.3, 0.4) is 0 Å². The number of aliphatic hydroxyl groups excluding tert-OH is 3. The Hall–Kier alpha value is -1.79. The fraction of sp³-hybridized carbons (Fsp3) is 0.812. The molecule has 156 valence electrons. The van der Waals surface area contributed by atoms with Gasteiger partial charge in [-0.3, -0.25) is 14.4 Å². The molecule has 11 heteroatoms. The Bertz CT molecular complexity index is 433. The quantitative estimate of drug-likeness (QED) is 0.180. The van der Waals surface area contributed by atoms with Crippen LogP contribution in [0.2, 0.25) is 0 Å². The number of nitrogens with one attached hydrogen (secondary N) is 2. The van der Waals surface area contributed by atoms with Gasteiger partial charge >= 0.3 is 17.9 Å². The summed E-state index contributed by atoms with van der Waals surface area (Å²) < 4.78 is 0. The van der Waals surface area contributed by atoms with Gasteiger partial charge in [0.25, 0.3) is 0 Å². The maximum atomic E-state index is 10.7. The lowest BCUT2D eigenvalue weighted by Gasteiger charge is -2.47. The molecule has 0 spiro atoms. The van der Waals surface area contributed by atoms with Gasteiger partial charge in [0.15, 0.2) is 0 Å². The number of hydrogen-bond donors (Lipinski definition) is 8. The molecule has 0 aromatic rings. The number of carboxylic acids is 3. The molecule has 2 unspecified atom stereocenters. The van der Waals surface area contributed by atoms with E-state index in [4.69, 9.17) is 15.3 Å². The molecule has 1 fully saturated rings. The van der Waals surface area contributed by atoms with Crippen molar-refractivity contribution in [1.82, 2.24) is 10.6 Å². The van der Waals surface area contributed by atoms with Gasteiger partial charge in [0.2, 0.25) is 0 Å². The minimum absolute atomic E-state index is 0.0199. The summed E-state index contributed by atoms with van der Waals surface area (Å²) in [4.78, 5) is 32.0. The fourth-order valence-electron chi connectivity index (χ4n) is 3.37. The first-order valence-electron chi connectivity index (χ1n) is 8.81. The molecule has 27 heavy (non-hydrogen) atoms. The molecule has 0 saturated heterocycles. The first-order chi connectivity index (χ1) is 12.6. The van der Waals surface area contributed by atoms with Gasteiger partial charge in [0.05, 0.1) is 43.2 Å². The van der Waals surface area contributed by atoms with Crippen molar-refractivity contribution in [3.63, 3.8) is 0 Å². The van der Waals surface area contributed by atoms with Crippen LogP contribution in [0.25, 0.3) is 0 Å². The molecule has 0 aromatic heterocycles. The second-order valence-corrected chi connectivity index (χ2v) is 6.67. The predicted molar refractivity (Wildman–Crippen MR) is 91.1 cm³/mol. The Balaban J connectivity index is 2.84. The molecule has 0 amide bonds. The van der Waals surface area contributed by atoms with Crippen LogP contribution in [-0.4, -0.2) is 92.0 Å². The number of aliphatic carboxylic acids is 3. The highest BCUT2D eigenvalue weighted by atomic mass is 16.4. The summed E-state index contributed by atoms with van der Waals surface area (Å²) in [5.74, 6) is -3.90. The van der Waals surface area contributed by atoms with Crippen LogP contribution < -0.4 is 10.6 Å². The van der Waals surface area contributed by atoms with Crippen molar-refractivity contribution >= 4 is 17.9 Å². The van der Waals surface area contributed by atoms with Gasteiger partial charge < -0.3 is 41.3 Å². The highest BCUT2D eigenvalue weighted by molar-refractivity contribution is 5.67. The number of hydrogen-bond acceptors (Lipinski definition) is 8. The van der Waals surface area contributed by atoms with Gasteiger partial charge in [-0.1, -0.05) is 0 Å². The molecular formula is C16H28N2O9. The van der Waals surface area contributed by atoms with Crippen LogP contribution in [0.1, 0.15) is 32.1 Å². The summed E-state index contributed by atoms with van der Waals surface area (Å²) in [6, 6.07) is -1.91. The van der Waals surface area contributed by atoms with Crippen molar-refractivity contribution in [2.24, 2.45) is 5.92 Å². The van der Waals surface area contributed by atoms with E-state index in [1.165, 1.54) is 0 Å². The summed E-state index contributed by atoms with van der Waals surface area (Å²) >= 11 is 0. The van der Waals surface area contributed by atoms with Crippen molar-refractivity contribution in [1.29, 1.82) is 0 Å². The first kappa shape index (κ1) is 23.2. The van der Waals surface area contributed by atoms with Crippen molar-refractivity contribution in [2.45, 2.75) is 62.5 Å². The zero-order valence-electron chi connectivity index (χ0n) is 14.8. The smallest absolute Gasteiger partial charge is 0.304 e. The van der Waals surface area contributed by atoms with Gasteiger partial charge in [0.1, 0.15) is 0 Å². The van der Waals surface area contributed by atoms with E-state index in [-0.39, 0.29) is 45.2 Å². The largest absolute Gasteiger partial charge is 0.481 e. The second-order valence-electron chi connectivity index (χ2n) is 6.67. The lowest BCUT2D eigenvalue weighted by atomic mass is 9.73. The zero-order valence-corrected chi connectivity index (χ0v) is 14.8. The van der Waals surface area contributed by atoms with E-state index in [0.29, 0.717) is 0 Å². The normalized spacial score (nSPS) is 30.8. The Morgan fingerprint density at radius 2 is 1.07 bits per heavy atom. The van der Waals surface area contributed by atoms with Crippen LogP contribution in [0.15, 0.2) is 0 Å². The Labute approximate surface area is 156 Å². The maximum Gasteiger partial charge on any atom is 0.304 e. The molecule has 11 nitrogen and oxygen atoms in total. The second kappa shape index (κ2) is 11.1. The average molecular weight is 392 g/mol. The molecule has 0 bridgehead atoms. The molecule has 1 aliphatic rings. The van der Waals surface area contributed by atoms with Crippen molar-refractivity contribution in [2.75, 3.05) is 13.1 Å². The summed E-state index contributed by atoms with van der Waals surface area (Å²) in [6.45, 7) is -0.0399. The third kappa shape index (κ3) is 7.39. The molecule has 8 N–H and O–H groups in total. The summed E-state index contributed by atoms with van der Waals surface area (Å²) in [6.07, 6.45) is -3.99. The standard InChI is InChI=1S/C16H28N2O9/c19-9(20)3-1-2-8-14(25)12(17-6-4-10(21)22)16(27)13(15(8)26)18-7-5-11(23)24/h8,12-18,25-27H,1-7H2,(H,19,20)(H,21,22)(H,23,24)/t8?,12-,13+,14-,15+,16?. The van der Waals surface area contributed by atoms with Crippen molar-refractivity contribution < 1.29 is 45.0 Å². The Morgan fingerprint density at radius 1 is 0.667 bits per heavy atom. The van der Waals surface area contributed by atoms with Gasteiger partial charge in [0, 0.05) is 25.4 Å². The van der Waals surface area contributed by atoms with Crippen LogP contribution in [0.5, 0.6) is 0 Å². The van der Waals surface area contributed by atoms with Crippen LogP contribution in [0, 0.1) is 5.92 Å². The van der Waals surface area contributed by atoms with Crippen molar-refractivity contribution in [3.8, 4) is 0 Å². The highest BCUT2D eigenvalue weighted by Crippen LogP contribution is 2.30. The van der Waals surface area contributed by atoms with E-state index in [9.17, 15) is 29.7 Å². The molecule has 1 saturated carbocycles. The maximum absolute atomic E-state index is 10.7. The minimum Gasteiger partial charge on any atom is -0.481 e. The summed E-state index contributed by atoms with van der Waals surface area (Å²) in [5, 5.41) is 63.3. The summed E-state index contributed by atoms with van der Waals surface area (Å²) in [7, 11) is 0. The van der Waals surface area contributed by atoms with E-state index in [1.54, 1.807) is 0 Å². The SMILES string of the molecule is O=C(O)CCCC1[C@@H](O)[C@@H](NCCC(=O)O)C(O)[C@@H](NCCC(=O)O)[C@H]1O. The van der Waals surface area contributed by atoms with Gasteiger partial charge in [-0.2, -0.15) is 0 Å². The Kier molecular flexibility index (Phi) is 9.60. The monoisotopic (exact) mass is 392 g/mol. The van der Waals surface area contributed by atoms with Crippen LogP contribution in [0.4, 0.5) is 0 Å².